The summed E-state index contributed by atoms with van der Waals surface area (Å²) in [4.78, 5) is 13.0. The third-order valence-corrected chi connectivity index (χ3v) is 13.4. The molecule has 9 heteroatoms. The van der Waals surface area contributed by atoms with Crippen LogP contribution in [0.1, 0.15) is 245 Å². The average Bonchev–Trinajstić information content (AvgIpc) is 3.37. The summed E-state index contributed by atoms with van der Waals surface area (Å²) in [7, 11) is 0. The Morgan fingerprint density at radius 3 is 1.35 bits per heavy atom. The Labute approximate surface area is 435 Å². The molecule has 0 aromatic rings. The number of unbranched alkanes of at least 4 members (excludes halogenated alkanes) is 27. The topological polar surface area (TPSA) is 149 Å². The standard InChI is InChI=1S/C62H109NO8/c1-3-5-7-9-11-13-15-17-19-20-21-22-23-24-25-26-27-28-29-30-31-32-33-34-35-36-38-40-42-44-46-48-50-52-58(66)63-55(54-70-62-61(69)60(68)59(67)57(53-64)71-62)56(65)51-49-47-45-43-41-39-37-18-16-14-12-10-8-6-4-2/h5,7,11,13,16-19,21-22,41,43,49,51,55-57,59-62,64-65,67-69H,3-4,6,8-10,12,14-15,20,23-40,42,44-48,50,52-54H2,1-2H3,(H,63,66)/b7-5-,13-11-,18-16+,19-17-,22-21-,43-41+,51-49+. The first-order valence-electron chi connectivity index (χ1n) is 29.3. The van der Waals surface area contributed by atoms with E-state index in [2.05, 4.69) is 92.1 Å². The first-order chi connectivity index (χ1) is 34.8. The SMILES string of the molecule is CC/C=C\C/C=C\C/C=C\C/C=C\CCCCCCCCCCCCCCCCCCCCCCC(=O)NC(COC1OC(CO)C(O)C(O)C1O)C(O)/C=C/CC/C=C/CC/C=C/CCCCCCC. The van der Waals surface area contributed by atoms with Crippen LogP contribution in [0.3, 0.4) is 0 Å². The van der Waals surface area contributed by atoms with Crippen molar-refractivity contribution in [3.8, 4) is 0 Å². The fourth-order valence-corrected chi connectivity index (χ4v) is 8.83. The minimum absolute atomic E-state index is 0.191. The van der Waals surface area contributed by atoms with E-state index in [-0.39, 0.29) is 12.5 Å². The van der Waals surface area contributed by atoms with E-state index >= 15 is 0 Å². The van der Waals surface area contributed by atoms with Crippen molar-refractivity contribution in [1.29, 1.82) is 0 Å². The van der Waals surface area contributed by atoms with Gasteiger partial charge in [0.15, 0.2) is 6.29 Å². The summed E-state index contributed by atoms with van der Waals surface area (Å²) < 4.78 is 11.2. The van der Waals surface area contributed by atoms with Crippen molar-refractivity contribution >= 4 is 5.91 Å². The molecule has 7 atom stereocenters. The molecular weight excluding hydrogens is 887 g/mol. The molecule has 410 valence electrons. The van der Waals surface area contributed by atoms with Crippen molar-refractivity contribution in [2.75, 3.05) is 13.2 Å². The zero-order valence-electron chi connectivity index (χ0n) is 45.5. The number of rotatable bonds is 49. The Balaban J connectivity index is 2.15. The molecule has 1 fully saturated rings. The minimum atomic E-state index is -1.58. The number of allylic oxidation sites excluding steroid dienone is 13. The molecular formula is C62H109NO8. The van der Waals surface area contributed by atoms with Gasteiger partial charge in [0.05, 0.1) is 25.4 Å². The summed E-state index contributed by atoms with van der Waals surface area (Å²) in [5, 5.41) is 54.4. The van der Waals surface area contributed by atoms with Crippen LogP contribution < -0.4 is 5.32 Å². The molecule has 6 N–H and O–H groups in total. The fourth-order valence-electron chi connectivity index (χ4n) is 8.83. The van der Waals surface area contributed by atoms with Crippen molar-refractivity contribution in [2.45, 2.75) is 288 Å². The zero-order valence-corrected chi connectivity index (χ0v) is 45.5. The highest BCUT2D eigenvalue weighted by Crippen LogP contribution is 2.23. The van der Waals surface area contributed by atoms with Crippen LogP contribution in [0.4, 0.5) is 0 Å². The van der Waals surface area contributed by atoms with Crippen molar-refractivity contribution in [1.82, 2.24) is 5.32 Å². The molecule has 7 unspecified atom stereocenters. The normalized spacial score (nSPS) is 19.9. The van der Waals surface area contributed by atoms with Crippen molar-refractivity contribution in [3.05, 3.63) is 85.1 Å². The highest BCUT2D eigenvalue weighted by atomic mass is 16.7. The van der Waals surface area contributed by atoms with Gasteiger partial charge >= 0.3 is 0 Å². The highest BCUT2D eigenvalue weighted by Gasteiger charge is 2.44. The monoisotopic (exact) mass is 996 g/mol. The van der Waals surface area contributed by atoms with Gasteiger partial charge in [0.1, 0.15) is 24.4 Å². The van der Waals surface area contributed by atoms with E-state index in [1.165, 1.54) is 148 Å². The van der Waals surface area contributed by atoms with Gasteiger partial charge in [-0.15, -0.1) is 0 Å². The number of ether oxygens (including phenoxy) is 2. The van der Waals surface area contributed by atoms with E-state index in [4.69, 9.17) is 9.47 Å². The molecule has 0 aromatic carbocycles. The number of nitrogens with one attached hydrogen (secondary N) is 1. The number of aliphatic hydroxyl groups excluding tert-OH is 5. The molecule has 0 aliphatic carbocycles. The molecule has 1 aliphatic rings. The van der Waals surface area contributed by atoms with Crippen LogP contribution in [0.15, 0.2) is 85.1 Å². The lowest BCUT2D eigenvalue weighted by Gasteiger charge is -2.40. The molecule has 71 heavy (non-hydrogen) atoms. The van der Waals surface area contributed by atoms with E-state index in [1.54, 1.807) is 6.08 Å². The zero-order chi connectivity index (χ0) is 51.5. The first-order valence-corrected chi connectivity index (χ1v) is 29.3. The van der Waals surface area contributed by atoms with Crippen LogP contribution in [-0.2, 0) is 14.3 Å². The summed E-state index contributed by atoms with van der Waals surface area (Å²) >= 11 is 0. The molecule has 1 rings (SSSR count). The Bertz CT molecular complexity index is 1390. The maximum absolute atomic E-state index is 13.0. The third-order valence-electron chi connectivity index (χ3n) is 13.4. The average molecular weight is 997 g/mol. The van der Waals surface area contributed by atoms with Gasteiger partial charge in [-0.2, -0.15) is 0 Å². The molecule has 0 radical (unpaired) electrons. The van der Waals surface area contributed by atoms with Crippen LogP contribution in [0.2, 0.25) is 0 Å². The molecule has 9 nitrogen and oxygen atoms in total. The van der Waals surface area contributed by atoms with E-state index < -0.39 is 49.5 Å². The lowest BCUT2D eigenvalue weighted by Crippen LogP contribution is -2.60. The molecule has 1 aliphatic heterocycles. The molecule has 0 saturated carbocycles. The number of carbonyl (C=O) groups excluding carboxylic acids is 1. The molecule has 1 saturated heterocycles. The molecule has 0 aromatic heterocycles. The van der Waals surface area contributed by atoms with E-state index in [1.807, 2.05) is 6.08 Å². The summed E-state index contributed by atoms with van der Waals surface area (Å²) in [6.45, 7) is 3.63. The van der Waals surface area contributed by atoms with Crippen LogP contribution in [0.5, 0.6) is 0 Å². The fraction of sp³-hybridized carbons (Fsp3) is 0.758. The van der Waals surface area contributed by atoms with E-state index in [9.17, 15) is 30.3 Å². The largest absolute Gasteiger partial charge is 0.394 e. The highest BCUT2D eigenvalue weighted by molar-refractivity contribution is 5.76. The Kier molecular flexibility index (Phi) is 47.6. The predicted molar refractivity (Wildman–Crippen MR) is 299 cm³/mol. The number of hydrogen-bond donors (Lipinski definition) is 6. The van der Waals surface area contributed by atoms with Gasteiger partial charge in [0, 0.05) is 6.42 Å². The molecule has 1 amide bonds. The Hall–Kier alpha value is -2.63. The van der Waals surface area contributed by atoms with Gasteiger partial charge in [-0.25, -0.2) is 0 Å². The second-order valence-corrected chi connectivity index (χ2v) is 20.0. The second kappa shape index (κ2) is 50.9. The second-order valence-electron chi connectivity index (χ2n) is 20.0. The van der Waals surface area contributed by atoms with Gasteiger partial charge in [-0.3, -0.25) is 4.79 Å². The van der Waals surface area contributed by atoms with Crippen LogP contribution in [-0.4, -0.2) is 87.5 Å². The van der Waals surface area contributed by atoms with Gasteiger partial charge in [-0.1, -0.05) is 240 Å². The Morgan fingerprint density at radius 1 is 0.493 bits per heavy atom. The third kappa shape index (κ3) is 40.4. The smallest absolute Gasteiger partial charge is 0.220 e. The predicted octanol–water partition coefficient (Wildman–Crippen LogP) is 14.6. The molecule has 0 bridgehead atoms. The summed E-state index contributed by atoms with van der Waals surface area (Å²) in [5.41, 5.74) is 0. The number of hydrogen-bond acceptors (Lipinski definition) is 8. The summed E-state index contributed by atoms with van der Waals surface area (Å²) in [6, 6.07) is -0.830. The van der Waals surface area contributed by atoms with E-state index in [0.717, 1.165) is 77.0 Å². The van der Waals surface area contributed by atoms with Gasteiger partial charge in [-0.05, 0) is 83.5 Å². The minimum Gasteiger partial charge on any atom is -0.394 e. The van der Waals surface area contributed by atoms with Crippen LogP contribution in [0, 0.1) is 0 Å². The quantitative estimate of drug-likeness (QED) is 0.0261. The van der Waals surface area contributed by atoms with Crippen LogP contribution >= 0.6 is 0 Å². The maximum atomic E-state index is 13.0. The number of amides is 1. The van der Waals surface area contributed by atoms with Crippen LogP contribution in [0.25, 0.3) is 0 Å². The van der Waals surface area contributed by atoms with Gasteiger partial charge in [0.2, 0.25) is 5.91 Å². The number of carbonyl (C=O) groups is 1. The Morgan fingerprint density at radius 2 is 0.887 bits per heavy atom. The lowest BCUT2D eigenvalue weighted by molar-refractivity contribution is -0.302. The van der Waals surface area contributed by atoms with E-state index in [0.29, 0.717) is 6.42 Å². The first kappa shape index (κ1) is 66.4. The van der Waals surface area contributed by atoms with Gasteiger partial charge in [0.25, 0.3) is 0 Å². The lowest BCUT2D eigenvalue weighted by atomic mass is 9.99. The molecule has 1 heterocycles. The van der Waals surface area contributed by atoms with Crippen molar-refractivity contribution in [3.63, 3.8) is 0 Å². The van der Waals surface area contributed by atoms with Gasteiger partial charge < -0.3 is 40.3 Å². The molecule has 0 spiro atoms. The summed E-state index contributed by atoms with van der Waals surface area (Å²) in [6.07, 6.45) is 65.2. The number of aliphatic hydroxyl groups is 5. The van der Waals surface area contributed by atoms with Crippen molar-refractivity contribution < 1.29 is 39.8 Å². The maximum Gasteiger partial charge on any atom is 0.220 e. The van der Waals surface area contributed by atoms with Crippen molar-refractivity contribution in [2.24, 2.45) is 0 Å². The summed E-state index contributed by atoms with van der Waals surface area (Å²) in [5.74, 6) is -0.191.